The molecule has 0 saturated heterocycles. The quantitative estimate of drug-likeness (QED) is 0.847. The molecule has 2 aromatic rings. The number of amides is 1. The van der Waals surface area contributed by atoms with Crippen LogP contribution in [-0.4, -0.2) is 38.5 Å². The van der Waals surface area contributed by atoms with Gasteiger partial charge in [-0.15, -0.1) is 0 Å². The first-order valence-electron chi connectivity index (χ1n) is 8.21. The summed E-state index contributed by atoms with van der Waals surface area (Å²) in [4.78, 5) is 23.6. The monoisotopic (exact) mass is 326 g/mol. The summed E-state index contributed by atoms with van der Waals surface area (Å²) in [6.07, 6.45) is 10.4. The van der Waals surface area contributed by atoms with Crippen LogP contribution in [0.4, 0.5) is 0 Å². The molecule has 1 amide bonds. The number of carbonyl (C=O) groups excluding carboxylic acids is 1. The van der Waals surface area contributed by atoms with Gasteiger partial charge in [0.1, 0.15) is 11.9 Å². The Labute approximate surface area is 141 Å². The lowest BCUT2D eigenvalue weighted by Crippen LogP contribution is -2.38. The molecule has 126 valence electrons. The van der Waals surface area contributed by atoms with E-state index < -0.39 is 0 Å². The van der Waals surface area contributed by atoms with E-state index in [9.17, 15) is 4.79 Å². The van der Waals surface area contributed by atoms with Crippen molar-refractivity contribution in [2.24, 2.45) is 7.05 Å². The second kappa shape index (κ2) is 7.29. The molecular formula is C18H22N4O2. The predicted octanol–water partition coefficient (Wildman–Crippen LogP) is 2.45. The molecule has 3 heterocycles. The lowest BCUT2D eigenvalue weighted by molar-refractivity contribution is -0.129. The molecule has 1 atom stereocenters. The van der Waals surface area contributed by atoms with Crippen LogP contribution in [-0.2, 0) is 16.6 Å². The summed E-state index contributed by atoms with van der Waals surface area (Å²) in [5.74, 6) is 0.810. The molecule has 24 heavy (non-hydrogen) atoms. The van der Waals surface area contributed by atoms with Crippen LogP contribution >= 0.6 is 0 Å². The van der Waals surface area contributed by atoms with Crippen molar-refractivity contribution < 1.29 is 9.53 Å². The van der Waals surface area contributed by atoms with Crippen LogP contribution in [0.2, 0.25) is 0 Å². The van der Waals surface area contributed by atoms with Gasteiger partial charge in [0.2, 0.25) is 0 Å². The Morgan fingerprint density at radius 2 is 2.33 bits per heavy atom. The van der Waals surface area contributed by atoms with Crippen LogP contribution in [0.15, 0.2) is 48.8 Å². The van der Waals surface area contributed by atoms with E-state index in [-0.39, 0.29) is 11.9 Å². The summed E-state index contributed by atoms with van der Waals surface area (Å²) in [6, 6.07) is 3.58. The average Bonchev–Trinajstić information content (AvgIpc) is 3.06. The van der Waals surface area contributed by atoms with Gasteiger partial charge in [-0.3, -0.25) is 9.78 Å². The van der Waals surface area contributed by atoms with E-state index in [1.54, 1.807) is 24.9 Å². The molecule has 0 saturated carbocycles. The number of hydrogen-bond acceptors (Lipinski definition) is 4. The number of aryl methyl sites for hydroxylation is 1. The van der Waals surface area contributed by atoms with E-state index in [0.29, 0.717) is 18.7 Å². The zero-order valence-corrected chi connectivity index (χ0v) is 14.1. The summed E-state index contributed by atoms with van der Waals surface area (Å²) >= 11 is 0. The van der Waals surface area contributed by atoms with Gasteiger partial charge in [-0.25, -0.2) is 4.98 Å². The molecule has 0 N–H and O–H groups in total. The lowest BCUT2D eigenvalue weighted by Gasteiger charge is -2.32. The van der Waals surface area contributed by atoms with Crippen molar-refractivity contribution in [1.82, 2.24) is 19.4 Å². The zero-order valence-electron chi connectivity index (χ0n) is 14.1. The maximum atomic E-state index is 13.1. The van der Waals surface area contributed by atoms with Gasteiger partial charge in [0.15, 0.2) is 0 Å². The van der Waals surface area contributed by atoms with E-state index >= 15 is 0 Å². The van der Waals surface area contributed by atoms with Crippen molar-refractivity contribution in [1.29, 1.82) is 0 Å². The second-order valence-electron chi connectivity index (χ2n) is 5.79. The van der Waals surface area contributed by atoms with Crippen LogP contribution < -0.4 is 0 Å². The first-order valence-corrected chi connectivity index (χ1v) is 8.21. The first kappa shape index (κ1) is 16.2. The number of ether oxygens (including phenoxy) is 1. The highest BCUT2D eigenvalue weighted by Crippen LogP contribution is 2.29. The third-order valence-electron chi connectivity index (χ3n) is 4.22. The smallest absolute Gasteiger partial charge is 0.253 e. The maximum Gasteiger partial charge on any atom is 0.253 e. The van der Waals surface area contributed by atoms with Gasteiger partial charge in [0, 0.05) is 43.9 Å². The minimum absolute atomic E-state index is 0.00551. The summed E-state index contributed by atoms with van der Waals surface area (Å²) in [5.41, 5.74) is 1.66. The summed E-state index contributed by atoms with van der Waals surface area (Å²) in [5, 5.41) is 0. The Balaban J connectivity index is 2.01. The number of imidazole rings is 1. The molecule has 6 heteroatoms. The highest BCUT2D eigenvalue weighted by atomic mass is 16.5. The van der Waals surface area contributed by atoms with E-state index in [1.165, 1.54) is 0 Å². The minimum Gasteiger partial charge on any atom is -0.501 e. The van der Waals surface area contributed by atoms with Gasteiger partial charge in [-0.2, -0.15) is 0 Å². The van der Waals surface area contributed by atoms with E-state index in [2.05, 4.69) is 9.97 Å². The van der Waals surface area contributed by atoms with E-state index in [0.717, 1.165) is 24.2 Å². The maximum absolute atomic E-state index is 13.1. The van der Waals surface area contributed by atoms with Crippen LogP contribution in [0.25, 0.3) is 0 Å². The Bertz CT molecular complexity index is 724. The van der Waals surface area contributed by atoms with Crippen LogP contribution in [0, 0.1) is 0 Å². The zero-order chi connectivity index (χ0) is 16.9. The molecule has 0 aromatic carbocycles. The fraction of sp³-hybridized carbons (Fsp3) is 0.389. The van der Waals surface area contributed by atoms with Gasteiger partial charge in [0.25, 0.3) is 5.91 Å². The van der Waals surface area contributed by atoms with Gasteiger partial charge < -0.3 is 14.2 Å². The molecular weight excluding hydrogens is 304 g/mol. The Morgan fingerprint density at radius 1 is 1.46 bits per heavy atom. The number of likely N-dealkylation sites (N-methyl/N-ethyl adjacent to an activating group) is 1. The van der Waals surface area contributed by atoms with Crippen molar-refractivity contribution in [3.8, 4) is 0 Å². The molecule has 1 aliphatic rings. The molecule has 2 aromatic heterocycles. The van der Waals surface area contributed by atoms with Crippen molar-refractivity contribution in [3.63, 3.8) is 0 Å². The number of pyridine rings is 1. The topological polar surface area (TPSA) is 60.3 Å². The predicted molar refractivity (Wildman–Crippen MR) is 89.9 cm³/mol. The first-order chi connectivity index (χ1) is 11.7. The van der Waals surface area contributed by atoms with Crippen molar-refractivity contribution in [3.05, 3.63) is 60.1 Å². The number of rotatable bonds is 5. The molecule has 0 spiro atoms. The Morgan fingerprint density at radius 3 is 2.92 bits per heavy atom. The second-order valence-corrected chi connectivity index (χ2v) is 5.79. The van der Waals surface area contributed by atoms with Gasteiger partial charge >= 0.3 is 0 Å². The fourth-order valence-electron chi connectivity index (χ4n) is 3.00. The summed E-state index contributed by atoms with van der Waals surface area (Å²) in [7, 11) is 1.94. The van der Waals surface area contributed by atoms with Crippen LogP contribution in [0.1, 0.15) is 37.2 Å². The molecule has 0 bridgehead atoms. The van der Waals surface area contributed by atoms with Gasteiger partial charge in [0.05, 0.1) is 18.4 Å². The highest BCUT2D eigenvalue weighted by molar-refractivity contribution is 5.93. The molecule has 0 aliphatic carbocycles. The highest BCUT2D eigenvalue weighted by Gasteiger charge is 2.31. The van der Waals surface area contributed by atoms with E-state index in [4.69, 9.17) is 4.74 Å². The summed E-state index contributed by atoms with van der Waals surface area (Å²) < 4.78 is 7.30. The normalized spacial score (nSPS) is 15.3. The van der Waals surface area contributed by atoms with Crippen molar-refractivity contribution in [2.45, 2.75) is 25.8 Å². The SMILES string of the molecule is CCN(C(=O)C1=COCCC1)C(c1cccnc1)c1nccn1C. The summed E-state index contributed by atoms with van der Waals surface area (Å²) in [6.45, 7) is 3.23. The number of nitrogens with zero attached hydrogens (tertiary/aromatic N) is 4. The third kappa shape index (κ3) is 3.18. The van der Waals surface area contributed by atoms with Crippen molar-refractivity contribution >= 4 is 5.91 Å². The molecule has 1 unspecified atom stereocenters. The number of hydrogen-bond donors (Lipinski definition) is 0. The number of carbonyl (C=O) groups is 1. The van der Waals surface area contributed by atoms with E-state index in [1.807, 2.05) is 41.8 Å². The Hall–Kier alpha value is -2.63. The van der Waals surface area contributed by atoms with Gasteiger partial charge in [-0.05, 0) is 25.8 Å². The molecule has 1 aliphatic heterocycles. The molecule has 0 radical (unpaired) electrons. The molecule has 3 rings (SSSR count). The number of aromatic nitrogens is 3. The molecule has 6 nitrogen and oxygen atoms in total. The average molecular weight is 326 g/mol. The van der Waals surface area contributed by atoms with Crippen LogP contribution in [0.5, 0.6) is 0 Å². The van der Waals surface area contributed by atoms with Gasteiger partial charge in [-0.1, -0.05) is 6.07 Å². The third-order valence-corrected chi connectivity index (χ3v) is 4.22. The minimum atomic E-state index is -0.279. The van der Waals surface area contributed by atoms with Crippen molar-refractivity contribution in [2.75, 3.05) is 13.2 Å². The van der Waals surface area contributed by atoms with Crippen LogP contribution in [0.3, 0.4) is 0 Å². The largest absolute Gasteiger partial charge is 0.501 e. The Kier molecular flexibility index (Phi) is 4.93. The standard InChI is InChI=1S/C18H22N4O2/c1-3-22(18(23)15-7-5-11-24-13-15)16(14-6-4-8-19-12-14)17-20-9-10-21(17)2/h4,6,8-10,12-13,16H,3,5,7,11H2,1-2H3. The molecule has 0 fully saturated rings. The lowest BCUT2D eigenvalue weighted by atomic mass is 10.0. The fourth-order valence-corrected chi connectivity index (χ4v) is 3.00.